The summed E-state index contributed by atoms with van der Waals surface area (Å²) >= 11 is 0. The Kier molecular flexibility index (Phi) is 3.23. The number of hydrogen-bond acceptors (Lipinski definition) is 6. The first-order valence-corrected chi connectivity index (χ1v) is 7.07. The van der Waals surface area contributed by atoms with Crippen molar-refractivity contribution < 1.29 is 14.3 Å². The van der Waals surface area contributed by atoms with Gasteiger partial charge in [-0.2, -0.15) is 0 Å². The zero-order valence-corrected chi connectivity index (χ0v) is 12.0. The Bertz CT molecular complexity index is 897. The second kappa shape index (κ2) is 5.53. The molecule has 0 spiro atoms. The Morgan fingerprint density at radius 1 is 1.00 bits per heavy atom. The zero-order chi connectivity index (χ0) is 15.6. The smallest absolute Gasteiger partial charge is 0.257 e. The number of pyridine rings is 1. The Morgan fingerprint density at radius 2 is 1.83 bits per heavy atom. The Labute approximate surface area is 131 Å². The predicted octanol–water partition coefficient (Wildman–Crippen LogP) is 2.05. The first-order chi connectivity index (χ1) is 11.3. The highest BCUT2D eigenvalue weighted by Gasteiger charge is 2.14. The van der Waals surface area contributed by atoms with Crippen LogP contribution in [0.4, 0.5) is 5.69 Å². The molecular formula is C16H12N4O3. The van der Waals surface area contributed by atoms with Crippen molar-refractivity contribution in [3.63, 3.8) is 0 Å². The largest absolute Gasteiger partial charge is 0.486 e. The fourth-order valence-corrected chi connectivity index (χ4v) is 2.31. The third-order valence-electron chi connectivity index (χ3n) is 3.39. The van der Waals surface area contributed by atoms with E-state index in [9.17, 15) is 4.79 Å². The second-order valence-electron chi connectivity index (χ2n) is 4.94. The molecule has 114 valence electrons. The molecule has 3 heterocycles. The van der Waals surface area contributed by atoms with E-state index in [2.05, 4.69) is 20.3 Å². The highest BCUT2D eigenvalue weighted by molar-refractivity contribution is 6.05. The van der Waals surface area contributed by atoms with Crippen molar-refractivity contribution in [2.24, 2.45) is 0 Å². The summed E-state index contributed by atoms with van der Waals surface area (Å²) in [4.78, 5) is 24.7. The number of carbonyl (C=O) groups is 1. The quantitative estimate of drug-likeness (QED) is 0.779. The molecule has 3 aromatic rings. The average Bonchev–Trinajstić information content (AvgIpc) is 2.61. The molecule has 0 radical (unpaired) electrons. The first kappa shape index (κ1) is 13.4. The minimum absolute atomic E-state index is 0.276. The Morgan fingerprint density at radius 3 is 2.74 bits per heavy atom. The predicted molar refractivity (Wildman–Crippen MR) is 82.7 cm³/mol. The summed E-state index contributed by atoms with van der Waals surface area (Å²) in [7, 11) is 0. The van der Waals surface area contributed by atoms with Crippen LogP contribution in [0.25, 0.3) is 11.2 Å². The summed E-state index contributed by atoms with van der Waals surface area (Å²) in [6, 6.07) is 6.93. The van der Waals surface area contributed by atoms with E-state index >= 15 is 0 Å². The van der Waals surface area contributed by atoms with Crippen LogP contribution in [0.15, 0.2) is 42.9 Å². The summed E-state index contributed by atoms with van der Waals surface area (Å²) in [6.07, 6.45) is 4.60. The highest BCUT2D eigenvalue weighted by Crippen LogP contribution is 2.32. The number of rotatable bonds is 2. The lowest BCUT2D eigenvalue weighted by molar-refractivity contribution is 0.102. The van der Waals surface area contributed by atoms with Crippen molar-refractivity contribution in [1.82, 2.24) is 15.0 Å². The average molecular weight is 308 g/mol. The van der Waals surface area contributed by atoms with Gasteiger partial charge in [0.15, 0.2) is 17.1 Å². The molecule has 0 aliphatic carbocycles. The number of amides is 1. The third kappa shape index (κ3) is 2.64. The van der Waals surface area contributed by atoms with Gasteiger partial charge in [0.1, 0.15) is 18.7 Å². The first-order valence-electron chi connectivity index (χ1n) is 7.07. The number of aromatic nitrogens is 3. The monoisotopic (exact) mass is 308 g/mol. The van der Waals surface area contributed by atoms with E-state index in [-0.39, 0.29) is 5.91 Å². The van der Waals surface area contributed by atoms with Gasteiger partial charge >= 0.3 is 0 Å². The van der Waals surface area contributed by atoms with Gasteiger partial charge in [0.2, 0.25) is 0 Å². The van der Waals surface area contributed by atoms with Gasteiger partial charge in [-0.15, -0.1) is 0 Å². The molecule has 0 atom stereocenters. The van der Waals surface area contributed by atoms with Crippen LogP contribution in [0.5, 0.6) is 11.5 Å². The maximum Gasteiger partial charge on any atom is 0.257 e. The molecule has 0 saturated heterocycles. The minimum Gasteiger partial charge on any atom is -0.486 e. The van der Waals surface area contributed by atoms with Gasteiger partial charge in [-0.05, 0) is 18.2 Å². The van der Waals surface area contributed by atoms with Crippen molar-refractivity contribution in [3.8, 4) is 11.5 Å². The molecule has 23 heavy (non-hydrogen) atoms. The van der Waals surface area contributed by atoms with E-state index in [4.69, 9.17) is 9.47 Å². The van der Waals surface area contributed by atoms with Crippen LogP contribution in [0.2, 0.25) is 0 Å². The summed E-state index contributed by atoms with van der Waals surface area (Å²) in [5.41, 5.74) is 2.11. The molecule has 7 nitrogen and oxygen atoms in total. The highest BCUT2D eigenvalue weighted by atomic mass is 16.6. The molecule has 1 amide bonds. The van der Waals surface area contributed by atoms with Gasteiger partial charge in [0, 0.05) is 30.3 Å². The third-order valence-corrected chi connectivity index (χ3v) is 3.39. The summed E-state index contributed by atoms with van der Waals surface area (Å²) in [5.74, 6) is 1.02. The summed E-state index contributed by atoms with van der Waals surface area (Å²) < 4.78 is 11.0. The van der Waals surface area contributed by atoms with Gasteiger partial charge in [0.25, 0.3) is 5.91 Å². The minimum atomic E-state index is -0.276. The number of hydrogen-bond donors (Lipinski definition) is 1. The van der Waals surface area contributed by atoms with Crippen molar-refractivity contribution in [2.75, 3.05) is 18.5 Å². The number of ether oxygens (including phenoxy) is 2. The standard InChI is InChI=1S/C16H12N4O3/c21-16(10-7-12-15(19-9-10)18-4-3-17-12)20-11-1-2-13-14(8-11)23-6-5-22-13/h1-4,7-9H,5-6H2,(H,20,21). The van der Waals surface area contributed by atoms with Gasteiger partial charge < -0.3 is 14.8 Å². The molecule has 0 saturated carbocycles. The van der Waals surface area contributed by atoms with E-state index in [0.29, 0.717) is 47.1 Å². The van der Waals surface area contributed by atoms with Crippen LogP contribution < -0.4 is 14.8 Å². The van der Waals surface area contributed by atoms with Crippen molar-refractivity contribution >= 4 is 22.8 Å². The normalized spacial score (nSPS) is 12.9. The molecule has 1 N–H and O–H groups in total. The van der Waals surface area contributed by atoms with E-state index in [1.807, 2.05) is 0 Å². The summed E-state index contributed by atoms with van der Waals surface area (Å²) in [5, 5.41) is 2.81. The number of nitrogens with one attached hydrogen (secondary N) is 1. The number of fused-ring (bicyclic) bond motifs is 2. The fourth-order valence-electron chi connectivity index (χ4n) is 2.31. The Hall–Kier alpha value is -3.22. The van der Waals surface area contributed by atoms with E-state index < -0.39 is 0 Å². The molecule has 7 heteroatoms. The number of nitrogens with zero attached hydrogens (tertiary/aromatic N) is 3. The zero-order valence-electron chi connectivity index (χ0n) is 12.0. The number of anilines is 1. The molecule has 2 aromatic heterocycles. The molecular weight excluding hydrogens is 296 g/mol. The van der Waals surface area contributed by atoms with Gasteiger partial charge in [-0.25, -0.2) is 9.97 Å². The van der Waals surface area contributed by atoms with Crippen LogP contribution in [-0.4, -0.2) is 34.1 Å². The maximum atomic E-state index is 12.4. The van der Waals surface area contributed by atoms with Crippen molar-refractivity contribution in [2.45, 2.75) is 0 Å². The van der Waals surface area contributed by atoms with Crippen molar-refractivity contribution in [3.05, 3.63) is 48.4 Å². The van der Waals surface area contributed by atoms with Crippen LogP contribution in [0, 0.1) is 0 Å². The van der Waals surface area contributed by atoms with Gasteiger partial charge in [0.05, 0.1) is 5.56 Å². The molecule has 0 bridgehead atoms. The molecule has 1 aromatic carbocycles. The van der Waals surface area contributed by atoms with Crippen LogP contribution in [0.1, 0.15) is 10.4 Å². The molecule has 1 aliphatic heterocycles. The summed E-state index contributed by atoms with van der Waals surface area (Å²) in [6.45, 7) is 1.03. The molecule has 0 fully saturated rings. The lowest BCUT2D eigenvalue weighted by Crippen LogP contribution is -2.16. The van der Waals surface area contributed by atoms with Crippen LogP contribution in [-0.2, 0) is 0 Å². The Balaban J connectivity index is 1.59. The lowest BCUT2D eigenvalue weighted by Gasteiger charge is -2.19. The topological polar surface area (TPSA) is 86.2 Å². The van der Waals surface area contributed by atoms with E-state index in [1.165, 1.54) is 6.20 Å². The molecule has 4 rings (SSSR count). The molecule has 1 aliphatic rings. The maximum absolute atomic E-state index is 12.4. The SMILES string of the molecule is O=C(Nc1ccc2c(c1)OCCO2)c1cnc2nccnc2c1. The van der Waals surface area contributed by atoms with Gasteiger partial charge in [-0.3, -0.25) is 9.78 Å². The number of benzene rings is 1. The lowest BCUT2D eigenvalue weighted by atomic mass is 10.2. The fraction of sp³-hybridized carbons (Fsp3) is 0.125. The van der Waals surface area contributed by atoms with E-state index in [1.54, 1.807) is 36.7 Å². The van der Waals surface area contributed by atoms with Gasteiger partial charge in [-0.1, -0.05) is 0 Å². The van der Waals surface area contributed by atoms with E-state index in [0.717, 1.165) is 0 Å². The van der Waals surface area contributed by atoms with Crippen LogP contribution >= 0.6 is 0 Å². The second-order valence-corrected chi connectivity index (χ2v) is 4.94. The number of carbonyl (C=O) groups excluding carboxylic acids is 1. The molecule has 0 unspecified atom stereocenters. The van der Waals surface area contributed by atoms with Crippen LogP contribution in [0.3, 0.4) is 0 Å². The van der Waals surface area contributed by atoms with Crippen molar-refractivity contribution in [1.29, 1.82) is 0 Å².